The second kappa shape index (κ2) is 6.07. The lowest BCUT2D eigenvalue weighted by atomic mass is 9.71. The van der Waals surface area contributed by atoms with E-state index < -0.39 is 17.7 Å². The van der Waals surface area contributed by atoms with Crippen molar-refractivity contribution >= 4 is 12.0 Å². The van der Waals surface area contributed by atoms with Crippen LogP contribution in [0.2, 0.25) is 0 Å². The van der Waals surface area contributed by atoms with Gasteiger partial charge >= 0.3 is 5.97 Å². The molecule has 0 spiro atoms. The van der Waals surface area contributed by atoms with Crippen LogP contribution in [0.5, 0.6) is 0 Å². The third-order valence-corrected chi connectivity index (χ3v) is 4.25. The fourth-order valence-electron chi connectivity index (χ4n) is 3.23. The van der Waals surface area contributed by atoms with E-state index >= 15 is 0 Å². The van der Waals surface area contributed by atoms with Crippen LogP contribution in [0.1, 0.15) is 54.5 Å². The highest BCUT2D eigenvalue weighted by Gasteiger charge is 2.40. The Morgan fingerprint density at radius 2 is 2.05 bits per heavy atom. The largest absolute Gasteiger partial charge is 0.478 e. The molecule has 0 heterocycles. The van der Waals surface area contributed by atoms with Crippen molar-refractivity contribution in [3.05, 3.63) is 52.6 Å². The van der Waals surface area contributed by atoms with E-state index in [1.54, 1.807) is 13.0 Å². The zero-order valence-electron chi connectivity index (χ0n) is 13.1. The molecule has 3 N–H and O–H groups in total. The molecule has 2 rings (SSSR count). The molecule has 0 saturated carbocycles. The molecule has 3 atom stereocenters. The van der Waals surface area contributed by atoms with E-state index in [4.69, 9.17) is 5.11 Å². The number of hydrogen-bond donors (Lipinski definition) is 3. The van der Waals surface area contributed by atoms with E-state index in [-0.39, 0.29) is 5.92 Å². The first-order valence-corrected chi connectivity index (χ1v) is 7.35. The summed E-state index contributed by atoms with van der Waals surface area (Å²) in [6, 6.07) is 3.78. The van der Waals surface area contributed by atoms with Gasteiger partial charge in [-0.05, 0) is 48.4 Å². The van der Waals surface area contributed by atoms with Crippen LogP contribution in [0.4, 0.5) is 0 Å². The fraction of sp³-hybridized carbons (Fsp3) is 0.389. The molecule has 1 aromatic rings. The van der Waals surface area contributed by atoms with Gasteiger partial charge in [0.25, 0.3) is 0 Å². The highest BCUT2D eigenvalue weighted by molar-refractivity contribution is 5.80. The zero-order chi connectivity index (χ0) is 16.5. The number of carbonyl (C=O) groups is 1. The molecule has 0 radical (unpaired) electrons. The average molecular weight is 302 g/mol. The number of aryl methyl sites for hydroxylation is 1. The molecule has 0 aliphatic heterocycles. The van der Waals surface area contributed by atoms with Crippen molar-refractivity contribution in [2.45, 2.75) is 44.8 Å². The Kier molecular flexibility index (Phi) is 4.54. The topological polar surface area (TPSA) is 77.8 Å². The number of allylic oxidation sites excluding steroid dienone is 2. The predicted molar refractivity (Wildman–Crippen MR) is 85.6 cm³/mol. The smallest absolute Gasteiger partial charge is 0.328 e. The van der Waals surface area contributed by atoms with E-state index in [1.807, 2.05) is 32.1 Å². The number of aliphatic carboxylic acids is 1. The SMILES string of the molecule is Cc1ccc2c(c1/C=C/C=C/C(=O)O)[C@H](C)C[C@@](C)(O)[C@H]2O. The van der Waals surface area contributed by atoms with Crippen molar-refractivity contribution in [2.75, 3.05) is 0 Å². The average Bonchev–Trinajstić information content (AvgIpc) is 2.41. The zero-order valence-corrected chi connectivity index (χ0v) is 13.1. The molecule has 1 aliphatic carbocycles. The third kappa shape index (κ3) is 3.13. The van der Waals surface area contributed by atoms with Gasteiger partial charge in [-0.2, -0.15) is 0 Å². The molecular weight excluding hydrogens is 280 g/mol. The number of aliphatic hydroxyl groups excluding tert-OH is 1. The minimum absolute atomic E-state index is 0.108. The van der Waals surface area contributed by atoms with Crippen molar-refractivity contribution in [3.63, 3.8) is 0 Å². The first-order valence-electron chi connectivity index (χ1n) is 7.35. The number of carboxylic acids is 1. The van der Waals surface area contributed by atoms with Crippen LogP contribution in [-0.2, 0) is 4.79 Å². The summed E-state index contributed by atoms with van der Waals surface area (Å²) in [5.74, 6) is -0.882. The molecule has 1 aromatic carbocycles. The van der Waals surface area contributed by atoms with E-state index in [9.17, 15) is 15.0 Å². The van der Waals surface area contributed by atoms with Crippen LogP contribution < -0.4 is 0 Å². The van der Waals surface area contributed by atoms with E-state index in [0.29, 0.717) is 6.42 Å². The molecule has 4 nitrogen and oxygen atoms in total. The second-order valence-electron chi connectivity index (χ2n) is 6.22. The Labute approximate surface area is 130 Å². The van der Waals surface area contributed by atoms with Gasteiger partial charge in [0, 0.05) is 6.08 Å². The van der Waals surface area contributed by atoms with E-state index in [2.05, 4.69) is 0 Å². The Morgan fingerprint density at radius 1 is 1.36 bits per heavy atom. The van der Waals surface area contributed by atoms with Crippen molar-refractivity contribution in [2.24, 2.45) is 0 Å². The normalized spacial score (nSPS) is 28.2. The van der Waals surface area contributed by atoms with Crippen LogP contribution in [0.15, 0.2) is 30.4 Å². The first kappa shape index (κ1) is 16.5. The standard InChI is InChI=1S/C18H22O4/c1-11-8-9-14-16(12(2)10-18(3,22)17(14)21)13(11)6-4-5-7-15(19)20/h4-9,12,17,21-22H,10H2,1-3H3,(H,19,20)/b6-4+,7-5+/t12-,17+,18-/m1/s1. The monoisotopic (exact) mass is 302 g/mol. The van der Waals surface area contributed by atoms with E-state index in [1.165, 1.54) is 6.08 Å². The van der Waals surface area contributed by atoms with Gasteiger partial charge in [0.05, 0.1) is 5.60 Å². The van der Waals surface area contributed by atoms with Gasteiger partial charge < -0.3 is 15.3 Å². The van der Waals surface area contributed by atoms with Crippen molar-refractivity contribution < 1.29 is 20.1 Å². The second-order valence-corrected chi connectivity index (χ2v) is 6.22. The summed E-state index contributed by atoms with van der Waals surface area (Å²) in [7, 11) is 0. The maximum absolute atomic E-state index is 10.5. The minimum atomic E-state index is -1.13. The van der Waals surface area contributed by atoms with Gasteiger partial charge in [-0.15, -0.1) is 0 Å². The third-order valence-electron chi connectivity index (χ3n) is 4.25. The van der Waals surface area contributed by atoms with Crippen LogP contribution in [0.3, 0.4) is 0 Å². The minimum Gasteiger partial charge on any atom is -0.478 e. The lowest BCUT2D eigenvalue weighted by Crippen LogP contribution is -2.39. The van der Waals surface area contributed by atoms with Crippen LogP contribution in [0.25, 0.3) is 6.08 Å². The summed E-state index contributed by atoms with van der Waals surface area (Å²) in [6.07, 6.45) is 5.66. The molecule has 0 unspecified atom stereocenters. The molecule has 22 heavy (non-hydrogen) atoms. The molecule has 4 heteroatoms. The summed E-state index contributed by atoms with van der Waals surface area (Å²) in [4.78, 5) is 10.5. The lowest BCUT2D eigenvalue weighted by Gasteiger charge is -2.39. The Balaban J connectivity index is 2.49. The molecule has 0 bridgehead atoms. The fourth-order valence-corrected chi connectivity index (χ4v) is 3.23. The van der Waals surface area contributed by atoms with Crippen molar-refractivity contribution in [3.8, 4) is 0 Å². The maximum atomic E-state index is 10.5. The van der Waals surface area contributed by atoms with Gasteiger partial charge in [0.1, 0.15) is 6.10 Å². The number of carboxylic acid groups (broad SMARTS) is 1. The molecule has 0 amide bonds. The van der Waals surface area contributed by atoms with Crippen molar-refractivity contribution in [1.29, 1.82) is 0 Å². The molecule has 0 fully saturated rings. The van der Waals surface area contributed by atoms with Crippen LogP contribution in [0, 0.1) is 6.92 Å². The molecule has 118 valence electrons. The summed E-state index contributed by atoms with van der Waals surface area (Å²) < 4.78 is 0. The molecule has 0 aromatic heterocycles. The lowest BCUT2D eigenvalue weighted by molar-refractivity contribution is -0.131. The van der Waals surface area contributed by atoms with E-state index in [0.717, 1.165) is 28.3 Å². The van der Waals surface area contributed by atoms with Gasteiger partial charge in [0.15, 0.2) is 0 Å². The van der Waals surface area contributed by atoms with Gasteiger partial charge in [-0.3, -0.25) is 0 Å². The Morgan fingerprint density at radius 3 is 2.68 bits per heavy atom. The summed E-state index contributed by atoms with van der Waals surface area (Å²) >= 11 is 0. The van der Waals surface area contributed by atoms with Crippen LogP contribution >= 0.6 is 0 Å². The maximum Gasteiger partial charge on any atom is 0.328 e. The summed E-state index contributed by atoms with van der Waals surface area (Å²) in [5.41, 5.74) is 2.68. The van der Waals surface area contributed by atoms with Gasteiger partial charge in [0.2, 0.25) is 0 Å². The van der Waals surface area contributed by atoms with Crippen LogP contribution in [-0.4, -0.2) is 26.9 Å². The molecule has 0 saturated heterocycles. The van der Waals surface area contributed by atoms with Gasteiger partial charge in [-0.1, -0.05) is 37.3 Å². The quantitative estimate of drug-likeness (QED) is 0.592. The summed E-state index contributed by atoms with van der Waals surface area (Å²) in [6.45, 7) is 5.66. The van der Waals surface area contributed by atoms with Gasteiger partial charge in [-0.25, -0.2) is 4.79 Å². The number of fused-ring (bicyclic) bond motifs is 1. The number of rotatable bonds is 3. The Hall–Kier alpha value is -1.91. The van der Waals surface area contributed by atoms with Crippen molar-refractivity contribution in [1.82, 2.24) is 0 Å². The molecular formula is C18H22O4. The predicted octanol–water partition coefficient (Wildman–Crippen LogP) is 2.94. The highest BCUT2D eigenvalue weighted by atomic mass is 16.4. The first-order chi connectivity index (χ1) is 10.2. The Bertz CT molecular complexity index is 641. The number of benzene rings is 1. The number of aliphatic hydroxyl groups is 2. The summed E-state index contributed by atoms with van der Waals surface area (Å²) in [5, 5.41) is 29.4. The highest BCUT2D eigenvalue weighted by Crippen LogP contribution is 2.45. The number of hydrogen-bond acceptors (Lipinski definition) is 3. The molecule has 1 aliphatic rings.